The van der Waals surface area contributed by atoms with Crippen LogP contribution >= 0.6 is 22.9 Å². The lowest BCUT2D eigenvalue weighted by molar-refractivity contribution is -0.142. The van der Waals surface area contributed by atoms with E-state index in [1.807, 2.05) is 31.2 Å². The van der Waals surface area contributed by atoms with Crippen LogP contribution < -0.4 is 14.4 Å². The van der Waals surface area contributed by atoms with Crippen LogP contribution in [0, 0.1) is 36.0 Å². The number of ether oxygens (including phenoxy) is 2. The smallest absolute Gasteiger partial charge is 0.305 e. The molecular formula is C39H37ClN4O9S. The molecule has 2 aromatic heterocycles. The van der Waals surface area contributed by atoms with Gasteiger partial charge in [-0.3, -0.25) is 33.6 Å². The number of rotatable bonds is 8. The van der Waals surface area contributed by atoms with E-state index in [2.05, 4.69) is 0 Å². The zero-order chi connectivity index (χ0) is 38.5. The van der Waals surface area contributed by atoms with Gasteiger partial charge < -0.3 is 19.7 Å². The monoisotopic (exact) mass is 772 g/mol. The van der Waals surface area contributed by atoms with Crippen molar-refractivity contribution in [3.05, 3.63) is 64.2 Å². The van der Waals surface area contributed by atoms with Gasteiger partial charge in [0.05, 0.1) is 48.7 Å². The zero-order valence-electron chi connectivity index (χ0n) is 30.1. The molecule has 13 nitrogen and oxygen atoms in total. The van der Waals surface area contributed by atoms with E-state index >= 15 is 4.79 Å². The van der Waals surface area contributed by atoms with E-state index in [4.69, 9.17) is 26.2 Å². The Balaban J connectivity index is 1.27. The Hall–Kier alpha value is -5.21. The molecule has 1 saturated carbocycles. The van der Waals surface area contributed by atoms with Crippen LogP contribution in [0.25, 0.3) is 20.7 Å². The number of likely N-dealkylation sites (tertiary alicyclic amines) is 1. The second kappa shape index (κ2) is 12.7. The Morgan fingerprint density at radius 1 is 1.06 bits per heavy atom. The Kier molecular flexibility index (Phi) is 8.42. The van der Waals surface area contributed by atoms with E-state index in [0.29, 0.717) is 22.0 Å². The molecule has 2 saturated heterocycles. The molecule has 4 aliphatic rings. The SMILES string of the molecule is COc1cc(O)c([C@H]2C3=CC[C@@H]4C(=O)N(CCC(=O)O)C(=O)[C@@H]4[C@@H]3C[C@H]3C(=O)N(c4cc(-c5sc6ccc(Cl)cc6c5C)nn4C)C(=O)[C@@]23C)c(OC)c1. The molecule has 54 heavy (non-hydrogen) atoms. The highest BCUT2D eigenvalue weighted by atomic mass is 35.5. The number of aromatic nitrogens is 2. The molecule has 0 radical (unpaired) electrons. The normalized spacial score (nSPS) is 26.3. The number of aromatic hydroxyl groups is 1. The highest BCUT2D eigenvalue weighted by molar-refractivity contribution is 7.22. The number of allylic oxidation sites excluding steroid dienone is 2. The summed E-state index contributed by atoms with van der Waals surface area (Å²) in [6.45, 7) is 3.42. The third-order valence-corrected chi connectivity index (χ3v) is 13.5. The lowest BCUT2D eigenvalue weighted by atomic mass is 9.51. The van der Waals surface area contributed by atoms with Crippen LogP contribution in [0.2, 0.25) is 5.02 Å². The molecule has 4 aromatic rings. The number of carbonyl (C=O) groups excluding carboxylic acids is 4. The second-order valence-electron chi connectivity index (χ2n) is 14.6. The van der Waals surface area contributed by atoms with Crippen molar-refractivity contribution in [3.63, 3.8) is 0 Å². The fourth-order valence-corrected chi connectivity index (χ4v) is 10.7. The van der Waals surface area contributed by atoms with Gasteiger partial charge in [-0.25, -0.2) is 4.90 Å². The number of amides is 4. The number of aliphatic carboxylic acids is 1. The Morgan fingerprint density at radius 2 is 1.81 bits per heavy atom. The van der Waals surface area contributed by atoms with Crippen LogP contribution in [0.1, 0.15) is 43.2 Å². The highest BCUT2D eigenvalue weighted by Crippen LogP contribution is 2.65. The molecule has 4 heterocycles. The Bertz CT molecular complexity index is 2370. The maximum absolute atomic E-state index is 15.1. The number of thiophene rings is 1. The highest BCUT2D eigenvalue weighted by Gasteiger charge is 2.68. The van der Waals surface area contributed by atoms with Gasteiger partial charge in [0.1, 0.15) is 28.8 Å². The molecule has 2 N–H and O–H groups in total. The lowest BCUT2D eigenvalue weighted by Gasteiger charge is -2.49. The van der Waals surface area contributed by atoms with E-state index in [-0.39, 0.29) is 42.3 Å². The number of hydrogen-bond donors (Lipinski definition) is 2. The van der Waals surface area contributed by atoms with Crippen LogP contribution in [-0.4, -0.2) is 75.3 Å². The van der Waals surface area contributed by atoms with Gasteiger partial charge in [-0.15, -0.1) is 11.3 Å². The first-order valence-corrected chi connectivity index (χ1v) is 18.7. The third kappa shape index (κ3) is 5.02. The molecule has 15 heteroatoms. The summed E-state index contributed by atoms with van der Waals surface area (Å²) in [5.74, 6) is -6.76. The molecule has 0 unspecified atom stereocenters. The van der Waals surface area contributed by atoms with Crippen molar-refractivity contribution in [3.8, 4) is 27.8 Å². The standard InChI is InChI=1S/C39H37ClN4O9S/c1-17-22-12-18(40)6-9-28(22)54-34(17)25-16-29(42(3)41-25)44-36(49)24-15-23-20(7-8-21-31(23)37(50)43(35(21)48)11-10-30(46)47)33(39(24,2)38(44)51)32-26(45)13-19(52-4)14-27(32)53-5/h6-7,9,12-14,16,21,23-24,31,33,45H,8,10-11,15H2,1-5H3,(H,46,47)/t21-,23+,24-,31-,33+,39+/m0/s1. The average molecular weight is 773 g/mol. The van der Waals surface area contributed by atoms with E-state index in [1.54, 1.807) is 26.1 Å². The number of carboxylic acids is 1. The first-order chi connectivity index (χ1) is 25.7. The van der Waals surface area contributed by atoms with E-state index in [9.17, 15) is 29.4 Å². The number of phenols is 1. The van der Waals surface area contributed by atoms with Crippen molar-refractivity contribution in [2.75, 3.05) is 25.7 Å². The van der Waals surface area contributed by atoms with E-state index in [0.717, 1.165) is 30.3 Å². The first-order valence-electron chi connectivity index (χ1n) is 17.5. The molecular weight excluding hydrogens is 736 g/mol. The number of methoxy groups -OCH3 is 2. The summed E-state index contributed by atoms with van der Waals surface area (Å²) >= 11 is 7.83. The third-order valence-electron chi connectivity index (χ3n) is 12.0. The molecule has 4 amide bonds. The van der Waals surface area contributed by atoms with Gasteiger partial charge in [-0.05, 0) is 61.8 Å². The maximum atomic E-state index is 15.1. The number of anilines is 1. The Labute approximate surface area is 318 Å². The number of imide groups is 2. The summed E-state index contributed by atoms with van der Waals surface area (Å²) in [4.78, 5) is 72.1. The van der Waals surface area contributed by atoms with Crippen LogP contribution in [0.5, 0.6) is 17.2 Å². The lowest BCUT2D eigenvalue weighted by Crippen LogP contribution is -2.49. The predicted molar refractivity (Wildman–Crippen MR) is 199 cm³/mol. The molecule has 8 rings (SSSR count). The molecule has 0 spiro atoms. The number of fused-ring (bicyclic) bond motifs is 5. The summed E-state index contributed by atoms with van der Waals surface area (Å²) in [6, 6.07) is 10.4. The van der Waals surface area contributed by atoms with Gasteiger partial charge in [-0.2, -0.15) is 5.10 Å². The molecule has 2 aliphatic carbocycles. The number of benzene rings is 2. The molecule has 2 aliphatic heterocycles. The second-order valence-corrected chi connectivity index (χ2v) is 16.1. The van der Waals surface area contributed by atoms with Gasteiger partial charge in [-0.1, -0.05) is 23.3 Å². The summed E-state index contributed by atoms with van der Waals surface area (Å²) in [6.07, 6.45) is 1.70. The van der Waals surface area contributed by atoms with Crippen LogP contribution in [0.15, 0.2) is 48.0 Å². The number of carbonyl (C=O) groups is 5. The van der Waals surface area contributed by atoms with Crippen molar-refractivity contribution >= 4 is 68.4 Å². The van der Waals surface area contributed by atoms with Gasteiger partial charge in [0.15, 0.2) is 0 Å². The quantitative estimate of drug-likeness (QED) is 0.168. The number of hydrogen-bond acceptors (Lipinski definition) is 10. The van der Waals surface area contributed by atoms with Crippen molar-refractivity contribution in [1.29, 1.82) is 0 Å². The number of nitrogens with zero attached hydrogens (tertiary/aromatic N) is 4. The predicted octanol–water partition coefficient (Wildman–Crippen LogP) is 5.69. The number of aryl methyl sites for hydroxylation is 2. The first kappa shape index (κ1) is 35.8. The summed E-state index contributed by atoms with van der Waals surface area (Å²) in [7, 11) is 4.54. The fraction of sp³-hybridized carbons (Fsp3) is 0.385. The number of carboxylic acid groups (broad SMARTS) is 1. The van der Waals surface area contributed by atoms with Gasteiger partial charge in [0.25, 0.3) is 0 Å². The topological polar surface area (TPSA) is 169 Å². The average Bonchev–Trinajstić information content (AvgIpc) is 3.80. The molecule has 6 atom stereocenters. The Morgan fingerprint density at radius 3 is 2.52 bits per heavy atom. The van der Waals surface area contributed by atoms with Gasteiger partial charge >= 0.3 is 5.97 Å². The van der Waals surface area contributed by atoms with E-state index in [1.165, 1.54) is 36.3 Å². The fourth-order valence-electron chi connectivity index (χ4n) is 9.41. The zero-order valence-corrected chi connectivity index (χ0v) is 31.7. The summed E-state index contributed by atoms with van der Waals surface area (Å²) in [5.41, 5.74) is 0.957. The summed E-state index contributed by atoms with van der Waals surface area (Å²) < 4.78 is 13.7. The molecule has 280 valence electrons. The van der Waals surface area contributed by atoms with Crippen LogP contribution in [0.4, 0.5) is 5.82 Å². The van der Waals surface area contributed by atoms with Crippen molar-refractivity contribution in [2.45, 2.75) is 39.0 Å². The van der Waals surface area contributed by atoms with Crippen LogP contribution in [0.3, 0.4) is 0 Å². The minimum atomic E-state index is -1.48. The largest absolute Gasteiger partial charge is 0.507 e. The van der Waals surface area contributed by atoms with Crippen LogP contribution in [-0.2, 0) is 31.0 Å². The number of phenolic OH excluding ortho intramolecular Hbond substituents is 1. The molecule has 3 fully saturated rings. The van der Waals surface area contributed by atoms with Gasteiger partial charge in [0.2, 0.25) is 23.6 Å². The molecule has 2 aromatic carbocycles. The summed E-state index contributed by atoms with van der Waals surface area (Å²) in [5, 5.41) is 27.3. The van der Waals surface area contributed by atoms with E-state index < -0.39 is 71.0 Å². The van der Waals surface area contributed by atoms with Gasteiger partial charge in [0, 0.05) is 53.0 Å². The van der Waals surface area contributed by atoms with Crippen molar-refractivity contribution in [2.24, 2.45) is 36.1 Å². The van der Waals surface area contributed by atoms with Crippen molar-refractivity contribution in [1.82, 2.24) is 14.7 Å². The number of halogens is 1. The maximum Gasteiger partial charge on any atom is 0.305 e. The minimum absolute atomic E-state index is 0.0764. The minimum Gasteiger partial charge on any atom is -0.507 e. The molecule has 0 bridgehead atoms. The van der Waals surface area contributed by atoms with Crippen molar-refractivity contribution < 1.29 is 43.7 Å².